The molecule has 1 saturated carbocycles. The minimum atomic E-state index is -0.371. The average molecular weight is 358 g/mol. The number of halogens is 1. The second kappa shape index (κ2) is 6.52. The monoisotopic (exact) mass is 358 g/mol. The van der Waals surface area contributed by atoms with Crippen LogP contribution in [0.4, 0.5) is 5.69 Å². The number of nitrogens with two attached hydrogens (primary N) is 1. The summed E-state index contributed by atoms with van der Waals surface area (Å²) in [6, 6.07) is 7.40. The zero-order valence-corrected chi connectivity index (χ0v) is 12.5. The molecule has 1 aromatic rings. The molecule has 1 aliphatic carbocycles. The van der Waals surface area contributed by atoms with Crippen molar-refractivity contribution in [2.45, 2.75) is 38.1 Å². The number of hydrogen-bond acceptors (Lipinski definition) is 2. The predicted octanol–water partition coefficient (Wildman–Crippen LogP) is 3.14. The molecule has 1 atom stereocenters. The molecule has 3 N–H and O–H groups in total. The summed E-state index contributed by atoms with van der Waals surface area (Å²) in [5.74, 6) is 0.297. The highest BCUT2D eigenvalue weighted by molar-refractivity contribution is 14.1. The van der Waals surface area contributed by atoms with Crippen molar-refractivity contribution in [3.05, 3.63) is 27.8 Å². The highest BCUT2D eigenvalue weighted by Gasteiger charge is 2.25. The van der Waals surface area contributed by atoms with Gasteiger partial charge in [-0.2, -0.15) is 0 Å². The van der Waals surface area contributed by atoms with Crippen LogP contribution >= 0.6 is 22.6 Å². The first-order chi connectivity index (χ1) is 8.66. The van der Waals surface area contributed by atoms with Crippen LogP contribution in [0.15, 0.2) is 24.3 Å². The molecule has 0 bridgehead atoms. The van der Waals surface area contributed by atoms with Crippen LogP contribution in [0.3, 0.4) is 0 Å². The summed E-state index contributed by atoms with van der Waals surface area (Å²) in [4.78, 5) is 12.1. The summed E-state index contributed by atoms with van der Waals surface area (Å²) < 4.78 is 1.15. The van der Waals surface area contributed by atoms with Crippen LogP contribution in [0.1, 0.15) is 32.1 Å². The Labute approximate surface area is 122 Å². The Kier molecular flexibility index (Phi) is 5.00. The van der Waals surface area contributed by atoms with Crippen LogP contribution in [-0.4, -0.2) is 11.9 Å². The van der Waals surface area contributed by atoms with E-state index in [0.29, 0.717) is 5.92 Å². The van der Waals surface area contributed by atoms with Gasteiger partial charge >= 0.3 is 0 Å². The van der Waals surface area contributed by atoms with Gasteiger partial charge in [0.1, 0.15) is 0 Å². The molecule has 1 aromatic carbocycles. The van der Waals surface area contributed by atoms with E-state index in [-0.39, 0.29) is 11.9 Å². The first-order valence-corrected chi connectivity index (χ1v) is 7.57. The smallest absolute Gasteiger partial charge is 0.241 e. The van der Waals surface area contributed by atoms with Crippen molar-refractivity contribution in [2.75, 3.05) is 5.32 Å². The van der Waals surface area contributed by atoms with E-state index in [1.807, 2.05) is 24.3 Å². The van der Waals surface area contributed by atoms with E-state index in [9.17, 15) is 4.79 Å². The fourth-order valence-corrected chi connectivity index (χ4v) is 2.83. The second-order valence-corrected chi connectivity index (χ2v) is 6.17. The topological polar surface area (TPSA) is 55.1 Å². The van der Waals surface area contributed by atoms with Gasteiger partial charge in [0.15, 0.2) is 0 Å². The number of amides is 1. The first-order valence-electron chi connectivity index (χ1n) is 6.49. The van der Waals surface area contributed by atoms with Crippen molar-refractivity contribution < 1.29 is 4.79 Å². The molecular weight excluding hydrogens is 339 g/mol. The van der Waals surface area contributed by atoms with Gasteiger partial charge < -0.3 is 11.1 Å². The van der Waals surface area contributed by atoms with Crippen molar-refractivity contribution >= 4 is 34.2 Å². The van der Waals surface area contributed by atoms with Gasteiger partial charge in [-0.1, -0.05) is 19.3 Å². The molecule has 1 amide bonds. The second-order valence-electron chi connectivity index (χ2n) is 4.92. The largest absolute Gasteiger partial charge is 0.325 e. The van der Waals surface area contributed by atoms with E-state index in [0.717, 1.165) is 22.1 Å². The standard InChI is InChI=1S/C14H19IN2O/c15-11-6-8-12(9-7-11)17-14(18)13(16)10-4-2-1-3-5-10/h6-10,13H,1-5,16H2,(H,17,18)/t13-/m0/s1. The maximum absolute atomic E-state index is 12.1. The molecule has 0 aromatic heterocycles. The normalized spacial score (nSPS) is 18.3. The molecule has 98 valence electrons. The lowest BCUT2D eigenvalue weighted by atomic mass is 9.84. The molecular formula is C14H19IN2O. The molecule has 0 saturated heterocycles. The van der Waals surface area contributed by atoms with E-state index in [1.165, 1.54) is 19.3 Å². The molecule has 0 unspecified atom stereocenters. The van der Waals surface area contributed by atoms with Gasteiger partial charge in [0, 0.05) is 9.26 Å². The number of carbonyl (C=O) groups is 1. The van der Waals surface area contributed by atoms with Crippen molar-refractivity contribution in [1.82, 2.24) is 0 Å². The van der Waals surface area contributed by atoms with Gasteiger partial charge in [0.2, 0.25) is 5.91 Å². The molecule has 1 fully saturated rings. The molecule has 3 nitrogen and oxygen atoms in total. The van der Waals surface area contributed by atoms with Gasteiger partial charge in [-0.25, -0.2) is 0 Å². The van der Waals surface area contributed by atoms with Crippen molar-refractivity contribution in [1.29, 1.82) is 0 Å². The van der Waals surface area contributed by atoms with E-state index in [2.05, 4.69) is 27.9 Å². The highest BCUT2D eigenvalue weighted by Crippen LogP contribution is 2.26. The molecule has 2 rings (SSSR count). The van der Waals surface area contributed by atoms with Crippen molar-refractivity contribution in [2.24, 2.45) is 11.7 Å². The Morgan fingerprint density at radius 3 is 2.44 bits per heavy atom. The van der Waals surface area contributed by atoms with Gasteiger partial charge in [0.05, 0.1) is 6.04 Å². The Morgan fingerprint density at radius 1 is 1.22 bits per heavy atom. The number of nitrogens with one attached hydrogen (secondary N) is 1. The number of hydrogen-bond donors (Lipinski definition) is 2. The minimum absolute atomic E-state index is 0.0527. The summed E-state index contributed by atoms with van der Waals surface area (Å²) in [6.07, 6.45) is 5.86. The number of rotatable bonds is 3. The lowest BCUT2D eigenvalue weighted by Gasteiger charge is -2.26. The van der Waals surface area contributed by atoms with Crippen LogP contribution in [0.2, 0.25) is 0 Å². The number of anilines is 1. The summed E-state index contributed by atoms with van der Waals surface area (Å²) in [7, 11) is 0. The number of benzene rings is 1. The number of carbonyl (C=O) groups excluding carboxylic acids is 1. The molecule has 0 spiro atoms. The van der Waals surface area contributed by atoms with E-state index >= 15 is 0 Å². The molecule has 0 aliphatic heterocycles. The van der Waals surface area contributed by atoms with Gasteiger partial charge in [-0.05, 0) is 65.6 Å². The maximum atomic E-state index is 12.1. The molecule has 0 radical (unpaired) electrons. The SMILES string of the molecule is N[C@H](C(=O)Nc1ccc(I)cc1)C1CCCCC1. The van der Waals surface area contributed by atoms with Crippen LogP contribution in [0, 0.1) is 9.49 Å². The van der Waals surface area contributed by atoms with Crippen LogP contribution < -0.4 is 11.1 Å². The maximum Gasteiger partial charge on any atom is 0.241 e. The third-order valence-electron chi connectivity index (χ3n) is 3.57. The van der Waals surface area contributed by atoms with Crippen LogP contribution in [-0.2, 0) is 4.79 Å². The molecule has 1 aliphatic rings. The van der Waals surface area contributed by atoms with Crippen LogP contribution in [0.25, 0.3) is 0 Å². The average Bonchev–Trinajstić information content (AvgIpc) is 2.41. The van der Waals surface area contributed by atoms with E-state index in [4.69, 9.17) is 5.73 Å². The lowest BCUT2D eigenvalue weighted by molar-refractivity contribution is -0.118. The minimum Gasteiger partial charge on any atom is -0.325 e. The quantitative estimate of drug-likeness (QED) is 0.816. The van der Waals surface area contributed by atoms with E-state index in [1.54, 1.807) is 0 Å². The molecule has 18 heavy (non-hydrogen) atoms. The summed E-state index contributed by atoms with van der Waals surface area (Å²) >= 11 is 2.24. The summed E-state index contributed by atoms with van der Waals surface area (Å²) in [5.41, 5.74) is 6.88. The van der Waals surface area contributed by atoms with Gasteiger partial charge in [0.25, 0.3) is 0 Å². The van der Waals surface area contributed by atoms with Gasteiger partial charge in [-0.15, -0.1) is 0 Å². The van der Waals surface area contributed by atoms with Crippen molar-refractivity contribution in [3.8, 4) is 0 Å². The summed E-state index contributed by atoms with van der Waals surface area (Å²) in [6.45, 7) is 0. The fraction of sp³-hybridized carbons (Fsp3) is 0.500. The van der Waals surface area contributed by atoms with Crippen LogP contribution in [0.5, 0.6) is 0 Å². The highest BCUT2D eigenvalue weighted by atomic mass is 127. The summed E-state index contributed by atoms with van der Waals surface area (Å²) in [5, 5.41) is 2.90. The zero-order valence-electron chi connectivity index (χ0n) is 10.4. The van der Waals surface area contributed by atoms with E-state index < -0.39 is 0 Å². The molecule has 4 heteroatoms. The fourth-order valence-electron chi connectivity index (χ4n) is 2.47. The molecule has 0 heterocycles. The Bertz CT molecular complexity index is 399. The van der Waals surface area contributed by atoms with Gasteiger partial charge in [-0.3, -0.25) is 4.79 Å². The Hall–Kier alpha value is -0.620. The Balaban J connectivity index is 1.92. The third-order valence-corrected chi connectivity index (χ3v) is 4.29. The third kappa shape index (κ3) is 3.68. The zero-order chi connectivity index (χ0) is 13.0. The predicted molar refractivity (Wildman–Crippen MR) is 82.3 cm³/mol. The Morgan fingerprint density at radius 2 is 1.83 bits per heavy atom. The first kappa shape index (κ1) is 13.8. The lowest BCUT2D eigenvalue weighted by Crippen LogP contribution is -2.42. The van der Waals surface area contributed by atoms with Crippen molar-refractivity contribution in [3.63, 3.8) is 0 Å².